The van der Waals surface area contributed by atoms with E-state index in [-0.39, 0.29) is 11.6 Å². The fourth-order valence-electron chi connectivity index (χ4n) is 3.13. The number of H-pyrrole nitrogens is 1. The normalized spacial score (nSPS) is 11.1. The predicted molar refractivity (Wildman–Crippen MR) is 96.8 cm³/mol. The number of aromatic nitrogens is 1. The van der Waals surface area contributed by atoms with Crippen molar-refractivity contribution in [2.45, 2.75) is 40.7 Å². The average molecular weight is 326 g/mol. The Labute approximate surface area is 143 Å². The quantitative estimate of drug-likeness (QED) is 0.789. The maximum atomic E-state index is 12.6. The minimum atomic E-state index is -0.00957. The molecule has 128 valence electrons. The fourth-order valence-corrected chi connectivity index (χ4v) is 3.13. The maximum absolute atomic E-state index is 12.6. The molecule has 0 aliphatic carbocycles. The number of nitrogens with zero attached hydrogens (tertiary/aromatic N) is 1. The van der Waals surface area contributed by atoms with Crippen molar-refractivity contribution in [3.05, 3.63) is 57.9 Å². The molecule has 0 atom stereocenters. The fraction of sp³-hybridized carbons (Fsp3) is 0.400. The van der Waals surface area contributed by atoms with Crippen molar-refractivity contribution in [1.29, 1.82) is 0 Å². The molecule has 2 aromatic rings. The largest absolute Gasteiger partial charge is 0.355 e. The molecule has 0 radical (unpaired) electrons. The monoisotopic (exact) mass is 326 g/mol. The average Bonchev–Trinajstić information content (AvgIpc) is 2.82. The van der Waals surface area contributed by atoms with E-state index < -0.39 is 0 Å². The number of hydrogen-bond donors (Lipinski definition) is 1. The molecule has 24 heavy (non-hydrogen) atoms. The smallest absolute Gasteiger partial charge is 0.193 e. The van der Waals surface area contributed by atoms with Crippen LogP contribution in [0.4, 0.5) is 0 Å². The molecule has 0 saturated carbocycles. The van der Waals surface area contributed by atoms with Gasteiger partial charge in [0.05, 0.1) is 12.2 Å². The van der Waals surface area contributed by atoms with Crippen molar-refractivity contribution < 1.29 is 9.59 Å². The number of benzene rings is 1. The van der Waals surface area contributed by atoms with Crippen LogP contribution >= 0.6 is 0 Å². The molecule has 1 N–H and O–H groups in total. The van der Waals surface area contributed by atoms with Crippen molar-refractivity contribution in [2.24, 2.45) is 0 Å². The molecule has 0 unspecified atom stereocenters. The predicted octanol–water partition coefficient (Wildman–Crippen LogP) is 3.71. The van der Waals surface area contributed by atoms with Gasteiger partial charge in [0, 0.05) is 17.8 Å². The maximum Gasteiger partial charge on any atom is 0.193 e. The van der Waals surface area contributed by atoms with Gasteiger partial charge in [0.25, 0.3) is 0 Å². The number of nitrogens with one attached hydrogen (secondary N) is 1. The van der Waals surface area contributed by atoms with E-state index in [1.165, 1.54) is 18.1 Å². The summed E-state index contributed by atoms with van der Waals surface area (Å²) in [5.74, 6) is 0.000414. The van der Waals surface area contributed by atoms with Gasteiger partial charge in [-0.1, -0.05) is 31.2 Å². The molecule has 0 aliphatic heterocycles. The number of carbonyl (C=O) groups excluding carboxylic acids is 2. The highest BCUT2D eigenvalue weighted by Gasteiger charge is 2.20. The first-order valence-corrected chi connectivity index (χ1v) is 8.33. The number of hydrogen-bond acceptors (Lipinski definition) is 3. The Morgan fingerprint density at radius 2 is 1.67 bits per heavy atom. The van der Waals surface area contributed by atoms with Crippen molar-refractivity contribution in [3.63, 3.8) is 0 Å². The van der Waals surface area contributed by atoms with Crippen molar-refractivity contribution in [1.82, 2.24) is 9.88 Å². The highest BCUT2D eigenvalue weighted by Crippen LogP contribution is 2.19. The lowest BCUT2D eigenvalue weighted by atomic mass is 10.1. The van der Waals surface area contributed by atoms with Gasteiger partial charge in [0.1, 0.15) is 0 Å². The van der Waals surface area contributed by atoms with E-state index >= 15 is 0 Å². The molecule has 0 amide bonds. The van der Waals surface area contributed by atoms with Crippen LogP contribution in [0.5, 0.6) is 0 Å². The molecule has 1 heterocycles. The van der Waals surface area contributed by atoms with Gasteiger partial charge in [0.15, 0.2) is 11.6 Å². The van der Waals surface area contributed by atoms with Crippen LogP contribution in [-0.4, -0.2) is 35.0 Å². The molecule has 0 spiro atoms. The highest BCUT2D eigenvalue weighted by atomic mass is 16.1. The van der Waals surface area contributed by atoms with Gasteiger partial charge in [-0.15, -0.1) is 0 Å². The Bertz CT molecular complexity index is 742. The number of aryl methyl sites for hydroxylation is 2. The molecule has 4 heteroatoms. The molecule has 1 aromatic carbocycles. The van der Waals surface area contributed by atoms with Crippen LogP contribution in [0.3, 0.4) is 0 Å². The number of carbonyl (C=O) groups is 2. The summed E-state index contributed by atoms with van der Waals surface area (Å²) in [6.45, 7) is 8.36. The Morgan fingerprint density at radius 3 is 2.17 bits per heavy atom. The molecular formula is C20H26N2O2. The van der Waals surface area contributed by atoms with Gasteiger partial charge >= 0.3 is 0 Å². The first-order chi connectivity index (χ1) is 11.3. The second kappa shape index (κ2) is 7.58. The SMILES string of the molecule is CCc1ccc(CN(C)CC(=O)c2[nH]c(C)c(C(C)=O)c2C)cc1. The summed E-state index contributed by atoms with van der Waals surface area (Å²) in [4.78, 5) is 29.3. The van der Waals surface area contributed by atoms with Crippen molar-refractivity contribution in [3.8, 4) is 0 Å². The molecular weight excluding hydrogens is 300 g/mol. The van der Waals surface area contributed by atoms with Crippen LogP contribution < -0.4 is 0 Å². The minimum Gasteiger partial charge on any atom is -0.355 e. The van der Waals surface area contributed by atoms with Gasteiger partial charge < -0.3 is 4.98 Å². The summed E-state index contributed by atoms with van der Waals surface area (Å²) in [5.41, 5.74) is 5.20. The van der Waals surface area contributed by atoms with E-state index in [9.17, 15) is 9.59 Å². The Kier molecular flexibility index (Phi) is 5.73. The summed E-state index contributed by atoms with van der Waals surface area (Å²) in [7, 11) is 1.93. The topological polar surface area (TPSA) is 53.2 Å². The van der Waals surface area contributed by atoms with Gasteiger partial charge in [0.2, 0.25) is 0 Å². The summed E-state index contributed by atoms with van der Waals surface area (Å²) in [6.07, 6.45) is 1.03. The number of aromatic amines is 1. The summed E-state index contributed by atoms with van der Waals surface area (Å²) >= 11 is 0. The second-order valence-electron chi connectivity index (χ2n) is 6.45. The number of likely N-dealkylation sites (N-methyl/N-ethyl adjacent to an activating group) is 1. The zero-order chi connectivity index (χ0) is 17.9. The van der Waals surface area contributed by atoms with Gasteiger partial charge in [-0.05, 0) is 50.9 Å². The first-order valence-electron chi connectivity index (χ1n) is 8.33. The van der Waals surface area contributed by atoms with Crippen LogP contribution in [0.1, 0.15) is 57.1 Å². The summed E-state index contributed by atoms with van der Waals surface area (Å²) in [6, 6.07) is 8.47. The number of ketones is 2. The van der Waals surface area contributed by atoms with Crippen molar-refractivity contribution >= 4 is 11.6 Å². The lowest BCUT2D eigenvalue weighted by Crippen LogP contribution is -2.26. The van der Waals surface area contributed by atoms with E-state index in [4.69, 9.17) is 0 Å². The van der Waals surface area contributed by atoms with E-state index in [1.807, 2.05) is 25.8 Å². The van der Waals surface area contributed by atoms with Gasteiger partial charge in [-0.3, -0.25) is 14.5 Å². The van der Waals surface area contributed by atoms with Gasteiger partial charge in [-0.2, -0.15) is 0 Å². The number of Topliss-reactive ketones (excluding diaryl/α,β-unsaturated/α-hetero) is 2. The third kappa shape index (κ3) is 4.01. The molecule has 0 bridgehead atoms. The lowest BCUT2D eigenvalue weighted by Gasteiger charge is -2.16. The molecule has 0 aliphatic rings. The highest BCUT2D eigenvalue weighted by molar-refractivity contribution is 6.03. The third-order valence-electron chi connectivity index (χ3n) is 4.37. The Hall–Kier alpha value is -2.20. The van der Waals surface area contributed by atoms with Crippen LogP contribution in [0.2, 0.25) is 0 Å². The van der Waals surface area contributed by atoms with E-state index in [1.54, 1.807) is 0 Å². The first kappa shape index (κ1) is 18.1. The Morgan fingerprint density at radius 1 is 1.08 bits per heavy atom. The van der Waals surface area contributed by atoms with Crippen LogP contribution in [0.15, 0.2) is 24.3 Å². The number of rotatable bonds is 7. The standard InChI is InChI=1S/C20H26N2O2/c1-6-16-7-9-17(10-8-16)11-22(5)12-18(24)20-13(2)19(15(4)23)14(3)21-20/h7-10,21H,6,11-12H2,1-5H3. The van der Waals surface area contributed by atoms with E-state index in [0.717, 1.165) is 17.7 Å². The summed E-state index contributed by atoms with van der Waals surface area (Å²) < 4.78 is 0. The molecule has 0 fully saturated rings. The minimum absolute atomic E-state index is 0.00957. The lowest BCUT2D eigenvalue weighted by molar-refractivity contribution is 0.0938. The Balaban J connectivity index is 2.06. The van der Waals surface area contributed by atoms with Crippen molar-refractivity contribution in [2.75, 3.05) is 13.6 Å². The molecule has 2 rings (SSSR count). The van der Waals surface area contributed by atoms with Crippen LogP contribution in [0.25, 0.3) is 0 Å². The van der Waals surface area contributed by atoms with Gasteiger partial charge in [-0.25, -0.2) is 0 Å². The second-order valence-corrected chi connectivity index (χ2v) is 6.45. The molecule has 4 nitrogen and oxygen atoms in total. The zero-order valence-corrected chi connectivity index (χ0v) is 15.2. The summed E-state index contributed by atoms with van der Waals surface area (Å²) in [5, 5.41) is 0. The van der Waals surface area contributed by atoms with E-state index in [0.29, 0.717) is 24.3 Å². The van der Waals surface area contributed by atoms with Crippen LogP contribution in [-0.2, 0) is 13.0 Å². The zero-order valence-electron chi connectivity index (χ0n) is 15.2. The third-order valence-corrected chi connectivity index (χ3v) is 4.37. The van der Waals surface area contributed by atoms with Crippen LogP contribution in [0, 0.1) is 13.8 Å². The van der Waals surface area contributed by atoms with E-state index in [2.05, 4.69) is 36.2 Å². The molecule has 0 saturated heterocycles. The molecule has 1 aromatic heterocycles.